The summed E-state index contributed by atoms with van der Waals surface area (Å²) < 4.78 is 0.757. The molecule has 0 bridgehead atoms. The van der Waals surface area contributed by atoms with Crippen LogP contribution < -0.4 is 5.73 Å². The zero-order chi connectivity index (χ0) is 5.70. The first kappa shape index (κ1) is 6.43. The lowest BCUT2D eigenvalue weighted by Gasteiger charge is -1.90. The van der Waals surface area contributed by atoms with Crippen molar-refractivity contribution in [3.05, 3.63) is 5.21 Å². The van der Waals surface area contributed by atoms with Gasteiger partial charge in [0.25, 0.3) is 0 Å². The maximum atomic E-state index is 10.0. The molecule has 0 aromatic rings. The molecule has 0 rings (SSSR count). The van der Waals surface area contributed by atoms with Crippen LogP contribution >= 0.6 is 0 Å². The Kier molecular flexibility index (Phi) is 3.32. The highest BCUT2D eigenvalue weighted by molar-refractivity contribution is 5.51. The SMILES string of the molecule is C/[N+]([O-])=C/CCN. The molecule has 0 aromatic heterocycles. The van der Waals surface area contributed by atoms with Gasteiger partial charge in [-0.3, -0.25) is 0 Å². The number of nitrogens with two attached hydrogens (primary N) is 1. The molecule has 0 aliphatic heterocycles. The van der Waals surface area contributed by atoms with Crippen molar-refractivity contribution in [2.45, 2.75) is 6.42 Å². The summed E-state index contributed by atoms with van der Waals surface area (Å²) >= 11 is 0. The van der Waals surface area contributed by atoms with Crippen molar-refractivity contribution in [1.82, 2.24) is 0 Å². The maximum absolute atomic E-state index is 10.0. The lowest BCUT2D eigenvalue weighted by Crippen LogP contribution is -2.03. The zero-order valence-electron chi connectivity index (χ0n) is 4.42. The minimum atomic E-state index is 0.548. The summed E-state index contributed by atoms with van der Waals surface area (Å²) in [5, 5.41) is 10.0. The van der Waals surface area contributed by atoms with Crippen LogP contribution in [-0.2, 0) is 0 Å². The molecule has 0 spiro atoms. The number of rotatable bonds is 2. The average molecular weight is 102 g/mol. The second kappa shape index (κ2) is 3.61. The molecular weight excluding hydrogens is 92.1 g/mol. The largest absolute Gasteiger partial charge is 0.624 e. The summed E-state index contributed by atoms with van der Waals surface area (Å²) in [5.41, 5.74) is 5.08. The van der Waals surface area contributed by atoms with Crippen molar-refractivity contribution >= 4 is 6.21 Å². The second-order valence-electron chi connectivity index (χ2n) is 1.31. The first-order valence-electron chi connectivity index (χ1n) is 2.20. The van der Waals surface area contributed by atoms with E-state index < -0.39 is 0 Å². The summed E-state index contributed by atoms with van der Waals surface area (Å²) in [4.78, 5) is 0. The molecule has 0 fully saturated rings. The average Bonchev–Trinajstić information content (AvgIpc) is 1.61. The van der Waals surface area contributed by atoms with Crippen LogP contribution in [0.2, 0.25) is 0 Å². The highest BCUT2D eigenvalue weighted by Crippen LogP contribution is 1.63. The van der Waals surface area contributed by atoms with Crippen LogP contribution in [0.15, 0.2) is 0 Å². The predicted octanol–water partition coefficient (Wildman–Crippen LogP) is -0.454. The van der Waals surface area contributed by atoms with Gasteiger partial charge in [0.2, 0.25) is 0 Å². The van der Waals surface area contributed by atoms with Crippen LogP contribution in [0.25, 0.3) is 0 Å². The van der Waals surface area contributed by atoms with E-state index >= 15 is 0 Å². The first-order chi connectivity index (χ1) is 3.27. The van der Waals surface area contributed by atoms with E-state index in [-0.39, 0.29) is 0 Å². The maximum Gasteiger partial charge on any atom is 0.151 e. The van der Waals surface area contributed by atoms with Gasteiger partial charge in [-0.1, -0.05) is 0 Å². The molecule has 3 heteroatoms. The van der Waals surface area contributed by atoms with Crippen LogP contribution in [0.1, 0.15) is 6.42 Å². The van der Waals surface area contributed by atoms with Gasteiger partial charge in [-0.2, -0.15) is 0 Å². The Morgan fingerprint density at radius 3 is 2.57 bits per heavy atom. The Labute approximate surface area is 43.0 Å². The molecule has 0 aliphatic carbocycles. The monoisotopic (exact) mass is 102 g/mol. The highest BCUT2D eigenvalue weighted by Gasteiger charge is 1.76. The fraction of sp³-hybridized carbons (Fsp3) is 0.750. The fourth-order valence-corrected chi connectivity index (χ4v) is 0.256. The third kappa shape index (κ3) is 5.43. The molecule has 0 unspecified atom stereocenters. The second-order valence-corrected chi connectivity index (χ2v) is 1.31. The minimum absolute atomic E-state index is 0.548. The fourth-order valence-electron chi connectivity index (χ4n) is 0.256. The molecule has 0 amide bonds. The van der Waals surface area contributed by atoms with Gasteiger partial charge in [0.1, 0.15) is 7.05 Å². The van der Waals surface area contributed by atoms with Gasteiger partial charge in [-0.05, 0) is 0 Å². The molecule has 3 nitrogen and oxygen atoms in total. The van der Waals surface area contributed by atoms with Gasteiger partial charge in [0, 0.05) is 13.0 Å². The first-order valence-corrected chi connectivity index (χ1v) is 2.20. The Hall–Kier alpha value is -0.570. The standard InChI is InChI=1S/C4H10N2O/c1-6(7)4-2-3-5/h4H,2-3,5H2,1H3/b6-4-. The molecule has 0 heterocycles. The third-order valence-electron chi connectivity index (χ3n) is 0.553. The van der Waals surface area contributed by atoms with Gasteiger partial charge in [0.05, 0.1) is 0 Å². The molecule has 0 radical (unpaired) electrons. The van der Waals surface area contributed by atoms with Crippen LogP contribution in [-0.4, -0.2) is 24.5 Å². The quantitative estimate of drug-likeness (QED) is 0.222. The summed E-state index contributed by atoms with van der Waals surface area (Å²) in [5.74, 6) is 0. The van der Waals surface area contributed by atoms with Gasteiger partial charge in [-0.15, -0.1) is 0 Å². The Morgan fingerprint density at radius 2 is 2.43 bits per heavy atom. The van der Waals surface area contributed by atoms with E-state index in [4.69, 9.17) is 5.73 Å². The zero-order valence-corrected chi connectivity index (χ0v) is 4.42. The minimum Gasteiger partial charge on any atom is -0.624 e. The summed E-state index contributed by atoms with van der Waals surface area (Å²) in [7, 11) is 1.44. The molecule has 0 aromatic carbocycles. The van der Waals surface area contributed by atoms with Crippen LogP contribution in [0, 0.1) is 5.21 Å². The molecule has 42 valence electrons. The van der Waals surface area contributed by atoms with E-state index in [0.29, 0.717) is 13.0 Å². The van der Waals surface area contributed by atoms with Crippen LogP contribution in [0.3, 0.4) is 0 Å². The number of hydroxylamine groups is 1. The van der Waals surface area contributed by atoms with E-state index in [1.165, 1.54) is 13.3 Å². The van der Waals surface area contributed by atoms with E-state index in [0.717, 1.165) is 4.74 Å². The lowest BCUT2D eigenvalue weighted by atomic mass is 10.5. The summed E-state index contributed by atoms with van der Waals surface area (Å²) in [6.45, 7) is 0.548. The van der Waals surface area contributed by atoms with Gasteiger partial charge >= 0.3 is 0 Å². The van der Waals surface area contributed by atoms with E-state index in [1.807, 2.05) is 0 Å². The van der Waals surface area contributed by atoms with Crippen molar-refractivity contribution in [2.75, 3.05) is 13.6 Å². The molecule has 0 saturated heterocycles. The molecule has 2 N–H and O–H groups in total. The van der Waals surface area contributed by atoms with Gasteiger partial charge in [-0.25, -0.2) is 4.74 Å². The van der Waals surface area contributed by atoms with Crippen LogP contribution in [0.5, 0.6) is 0 Å². The number of nitrogens with zero attached hydrogens (tertiary/aromatic N) is 1. The normalized spacial score (nSPS) is 12.0. The third-order valence-corrected chi connectivity index (χ3v) is 0.553. The number of hydrogen-bond donors (Lipinski definition) is 1. The smallest absolute Gasteiger partial charge is 0.151 e. The van der Waals surface area contributed by atoms with E-state index in [2.05, 4.69) is 0 Å². The van der Waals surface area contributed by atoms with Crippen molar-refractivity contribution in [1.29, 1.82) is 0 Å². The van der Waals surface area contributed by atoms with Crippen molar-refractivity contribution < 1.29 is 4.74 Å². The molecular formula is C4H10N2O. The molecule has 0 saturated carbocycles. The summed E-state index contributed by atoms with van der Waals surface area (Å²) in [6, 6.07) is 0. The van der Waals surface area contributed by atoms with Crippen LogP contribution in [0.4, 0.5) is 0 Å². The Morgan fingerprint density at radius 1 is 1.86 bits per heavy atom. The number of hydrogen-bond acceptors (Lipinski definition) is 2. The summed E-state index contributed by atoms with van der Waals surface area (Å²) in [6.07, 6.45) is 2.17. The Bertz CT molecular complexity index is 66.1. The van der Waals surface area contributed by atoms with Crippen molar-refractivity contribution in [3.8, 4) is 0 Å². The molecule has 0 atom stereocenters. The Balaban J connectivity index is 3.08. The van der Waals surface area contributed by atoms with Gasteiger partial charge < -0.3 is 10.9 Å². The topological polar surface area (TPSA) is 52.1 Å². The van der Waals surface area contributed by atoms with E-state index in [9.17, 15) is 5.21 Å². The van der Waals surface area contributed by atoms with Gasteiger partial charge in [0.15, 0.2) is 6.21 Å². The molecule has 0 aliphatic rings. The predicted molar refractivity (Wildman–Crippen MR) is 29.3 cm³/mol. The lowest BCUT2D eigenvalue weighted by molar-refractivity contribution is -0.418. The van der Waals surface area contributed by atoms with Crippen molar-refractivity contribution in [3.63, 3.8) is 0 Å². The molecule has 7 heavy (non-hydrogen) atoms. The van der Waals surface area contributed by atoms with Crippen molar-refractivity contribution in [2.24, 2.45) is 5.73 Å². The highest BCUT2D eigenvalue weighted by atomic mass is 16.5. The van der Waals surface area contributed by atoms with E-state index in [1.54, 1.807) is 0 Å².